The molecule has 0 bridgehead atoms. The number of rotatable bonds is 5. The molecule has 0 amide bonds. The molecule has 1 aromatic heterocycles. The van der Waals surface area contributed by atoms with Crippen molar-refractivity contribution in [3.05, 3.63) is 35.6 Å². The number of para-hydroxylation sites is 1. The highest BCUT2D eigenvalue weighted by Gasteiger charge is 2.38. The largest absolute Gasteiger partial charge is 0.453 e. The van der Waals surface area contributed by atoms with E-state index in [0.717, 1.165) is 29.4 Å². The normalized spacial score (nSPS) is 16.7. The molecule has 100 valence electrons. The molecule has 1 aromatic carbocycles. The average molecular weight is 258 g/mol. The molecule has 1 aliphatic carbocycles. The van der Waals surface area contributed by atoms with Crippen molar-refractivity contribution in [1.82, 2.24) is 0 Å². The van der Waals surface area contributed by atoms with Crippen molar-refractivity contribution in [3.63, 3.8) is 0 Å². The van der Waals surface area contributed by atoms with E-state index < -0.39 is 0 Å². The Bertz CT molecular complexity index is 607. The van der Waals surface area contributed by atoms with Crippen molar-refractivity contribution in [2.75, 3.05) is 6.61 Å². The highest BCUT2D eigenvalue weighted by atomic mass is 16.5. The maximum atomic E-state index is 12.5. The zero-order valence-electron chi connectivity index (χ0n) is 11.3. The number of hydrogen-bond donors (Lipinski definition) is 0. The maximum Gasteiger partial charge on any atom is 0.226 e. The number of benzene rings is 1. The number of ether oxygens (including phenoxy) is 1. The van der Waals surface area contributed by atoms with Crippen molar-refractivity contribution in [1.29, 1.82) is 0 Å². The summed E-state index contributed by atoms with van der Waals surface area (Å²) in [6.07, 6.45) is 1.83. The molecule has 3 nitrogen and oxygen atoms in total. The van der Waals surface area contributed by atoms with E-state index in [9.17, 15) is 4.79 Å². The molecule has 19 heavy (non-hydrogen) atoms. The lowest BCUT2D eigenvalue weighted by Crippen LogP contribution is -2.26. The molecule has 0 spiro atoms. The summed E-state index contributed by atoms with van der Waals surface area (Å²) in [6, 6.07) is 7.76. The van der Waals surface area contributed by atoms with Crippen molar-refractivity contribution in [2.45, 2.75) is 32.8 Å². The van der Waals surface area contributed by atoms with Gasteiger partial charge in [0.15, 0.2) is 5.76 Å². The number of carbonyl (C=O) groups is 1. The molecular formula is C16H18O3. The summed E-state index contributed by atoms with van der Waals surface area (Å²) in [5.41, 5.74) is 1.85. The third kappa shape index (κ3) is 2.30. The Labute approximate surface area is 112 Å². The number of fused-ring (bicyclic) bond motifs is 1. The molecule has 0 saturated heterocycles. The van der Waals surface area contributed by atoms with Crippen molar-refractivity contribution >= 4 is 16.8 Å². The van der Waals surface area contributed by atoms with Gasteiger partial charge >= 0.3 is 0 Å². The predicted octanol–water partition coefficient (Wildman–Crippen LogP) is 3.74. The molecule has 1 atom stereocenters. The molecular weight excluding hydrogens is 240 g/mol. The van der Waals surface area contributed by atoms with Crippen LogP contribution < -0.4 is 0 Å². The first-order chi connectivity index (χ1) is 9.20. The minimum Gasteiger partial charge on any atom is -0.453 e. The van der Waals surface area contributed by atoms with E-state index in [1.807, 2.05) is 38.1 Å². The second kappa shape index (κ2) is 4.82. The predicted molar refractivity (Wildman–Crippen MR) is 73.4 cm³/mol. The van der Waals surface area contributed by atoms with Crippen LogP contribution in [0.2, 0.25) is 0 Å². The highest BCUT2D eigenvalue weighted by molar-refractivity contribution is 6.01. The Morgan fingerprint density at radius 3 is 2.89 bits per heavy atom. The first-order valence-corrected chi connectivity index (χ1v) is 6.85. The van der Waals surface area contributed by atoms with Gasteiger partial charge in [-0.3, -0.25) is 4.79 Å². The van der Waals surface area contributed by atoms with Crippen LogP contribution in [0, 0.1) is 12.8 Å². The van der Waals surface area contributed by atoms with Gasteiger partial charge in [0.2, 0.25) is 5.78 Å². The quantitative estimate of drug-likeness (QED) is 0.767. The number of carbonyl (C=O) groups excluding carboxylic acids is 1. The molecule has 3 heteroatoms. The van der Waals surface area contributed by atoms with Gasteiger partial charge in [-0.05, 0) is 44.2 Å². The smallest absolute Gasteiger partial charge is 0.226 e. The van der Waals surface area contributed by atoms with E-state index in [-0.39, 0.29) is 11.9 Å². The van der Waals surface area contributed by atoms with E-state index in [4.69, 9.17) is 9.15 Å². The van der Waals surface area contributed by atoms with Gasteiger partial charge in [0.05, 0.1) is 0 Å². The lowest BCUT2D eigenvalue weighted by atomic mass is 10.1. The lowest BCUT2D eigenvalue weighted by Gasteiger charge is -2.13. The zero-order chi connectivity index (χ0) is 13.4. The van der Waals surface area contributed by atoms with Crippen LogP contribution in [-0.2, 0) is 4.74 Å². The summed E-state index contributed by atoms with van der Waals surface area (Å²) in [6.45, 7) is 4.47. The van der Waals surface area contributed by atoms with Crippen LogP contribution in [0.3, 0.4) is 0 Å². The Morgan fingerprint density at radius 1 is 1.47 bits per heavy atom. The summed E-state index contributed by atoms with van der Waals surface area (Å²) in [5.74, 6) is 0.788. The monoisotopic (exact) mass is 258 g/mol. The summed E-state index contributed by atoms with van der Waals surface area (Å²) in [4.78, 5) is 12.5. The fourth-order valence-electron chi connectivity index (χ4n) is 2.47. The van der Waals surface area contributed by atoms with Crippen LogP contribution >= 0.6 is 0 Å². The number of furan rings is 1. The van der Waals surface area contributed by atoms with Gasteiger partial charge in [0.1, 0.15) is 11.7 Å². The first-order valence-electron chi connectivity index (χ1n) is 6.85. The summed E-state index contributed by atoms with van der Waals surface area (Å²) in [5, 5.41) is 0.981. The van der Waals surface area contributed by atoms with Crippen molar-refractivity contribution < 1.29 is 13.9 Å². The minimum absolute atomic E-state index is 0.0139. The van der Waals surface area contributed by atoms with E-state index in [1.54, 1.807) is 0 Å². The molecule has 0 aliphatic heterocycles. The zero-order valence-corrected chi connectivity index (χ0v) is 11.3. The molecule has 1 heterocycles. The fraction of sp³-hybridized carbons (Fsp3) is 0.438. The Morgan fingerprint density at radius 2 is 2.26 bits per heavy atom. The van der Waals surface area contributed by atoms with Crippen LogP contribution in [-0.4, -0.2) is 18.5 Å². The summed E-state index contributed by atoms with van der Waals surface area (Å²) in [7, 11) is 0. The first kappa shape index (κ1) is 12.4. The summed E-state index contributed by atoms with van der Waals surface area (Å²) < 4.78 is 11.3. The minimum atomic E-state index is -0.328. The lowest BCUT2D eigenvalue weighted by molar-refractivity contribution is 0.0353. The van der Waals surface area contributed by atoms with E-state index in [1.165, 1.54) is 0 Å². The van der Waals surface area contributed by atoms with Crippen LogP contribution in [0.15, 0.2) is 28.7 Å². The molecule has 2 aromatic rings. The molecule has 0 radical (unpaired) electrons. The maximum absolute atomic E-state index is 12.5. The SMILES string of the molecule is CCOC(C(=O)c1cc2cccc(C)c2o1)C1CC1. The third-order valence-corrected chi connectivity index (χ3v) is 3.64. The Hall–Kier alpha value is -1.61. The van der Waals surface area contributed by atoms with Crippen LogP contribution in [0.25, 0.3) is 11.0 Å². The van der Waals surface area contributed by atoms with E-state index in [2.05, 4.69) is 0 Å². The number of aryl methyl sites for hydroxylation is 1. The second-order valence-electron chi connectivity index (χ2n) is 5.18. The van der Waals surface area contributed by atoms with Crippen molar-refractivity contribution in [2.24, 2.45) is 5.92 Å². The van der Waals surface area contributed by atoms with Crippen LogP contribution in [0.4, 0.5) is 0 Å². The van der Waals surface area contributed by atoms with Crippen LogP contribution in [0.1, 0.15) is 35.9 Å². The molecule has 0 N–H and O–H groups in total. The van der Waals surface area contributed by atoms with Gasteiger partial charge in [-0.15, -0.1) is 0 Å². The molecule has 1 saturated carbocycles. The van der Waals surface area contributed by atoms with Crippen LogP contribution in [0.5, 0.6) is 0 Å². The molecule has 1 fully saturated rings. The van der Waals surface area contributed by atoms with Crippen molar-refractivity contribution in [3.8, 4) is 0 Å². The summed E-state index contributed by atoms with van der Waals surface area (Å²) >= 11 is 0. The highest BCUT2D eigenvalue weighted by Crippen LogP contribution is 2.36. The molecule has 1 unspecified atom stereocenters. The third-order valence-electron chi connectivity index (χ3n) is 3.64. The van der Waals surface area contributed by atoms with Gasteiger partial charge in [-0.25, -0.2) is 0 Å². The topological polar surface area (TPSA) is 39.4 Å². The van der Waals surface area contributed by atoms with Gasteiger partial charge in [0, 0.05) is 12.0 Å². The molecule has 3 rings (SSSR count). The van der Waals surface area contributed by atoms with Gasteiger partial charge in [-0.2, -0.15) is 0 Å². The van der Waals surface area contributed by atoms with Gasteiger partial charge in [-0.1, -0.05) is 18.2 Å². The Balaban J connectivity index is 1.94. The van der Waals surface area contributed by atoms with Gasteiger partial charge < -0.3 is 9.15 Å². The standard InChI is InChI=1S/C16H18O3/c1-3-18-16(11-7-8-11)14(17)13-9-12-6-4-5-10(2)15(12)19-13/h4-6,9,11,16H,3,7-8H2,1-2H3. The van der Waals surface area contributed by atoms with Gasteiger partial charge in [0.25, 0.3) is 0 Å². The number of ketones is 1. The fourth-order valence-corrected chi connectivity index (χ4v) is 2.47. The molecule has 1 aliphatic rings. The second-order valence-corrected chi connectivity index (χ2v) is 5.18. The number of Topliss-reactive ketones (excluding diaryl/α,β-unsaturated/α-hetero) is 1. The Kier molecular flexibility index (Phi) is 3.15. The van der Waals surface area contributed by atoms with E-state index in [0.29, 0.717) is 18.3 Å². The number of hydrogen-bond acceptors (Lipinski definition) is 3. The average Bonchev–Trinajstić information content (AvgIpc) is 3.14. The van der Waals surface area contributed by atoms with E-state index >= 15 is 0 Å².